The highest BCUT2D eigenvalue weighted by Crippen LogP contribution is 2.41. The first-order chi connectivity index (χ1) is 18.2. The van der Waals surface area contributed by atoms with Crippen LogP contribution in [0.4, 0.5) is 4.79 Å². The van der Waals surface area contributed by atoms with Gasteiger partial charge in [0.15, 0.2) is 0 Å². The SMILES string of the molecule is Cc1nn(-c2ccc(C3(NC(=O)OC(C)(C)C)CCC3)cc2)c2c3cc(-c4ccccc4)cnc3cc[n+]12. The first kappa shape index (κ1) is 24.1. The van der Waals surface area contributed by atoms with Crippen molar-refractivity contribution < 1.29 is 13.9 Å². The molecule has 3 aromatic heterocycles. The summed E-state index contributed by atoms with van der Waals surface area (Å²) < 4.78 is 9.62. The van der Waals surface area contributed by atoms with Gasteiger partial charge in [-0.05, 0) is 75.4 Å². The topological polar surface area (TPSA) is 73.1 Å². The van der Waals surface area contributed by atoms with Gasteiger partial charge >= 0.3 is 6.09 Å². The van der Waals surface area contributed by atoms with E-state index in [-0.39, 0.29) is 11.6 Å². The number of aryl methyl sites for hydroxylation is 1. The minimum absolute atomic E-state index is 0.375. The molecule has 1 saturated carbocycles. The fourth-order valence-electron chi connectivity index (χ4n) is 5.26. The molecule has 0 aliphatic heterocycles. The molecule has 1 amide bonds. The lowest BCUT2D eigenvalue weighted by molar-refractivity contribution is -0.519. The normalized spacial score (nSPS) is 14.8. The summed E-state index contributed by atoms with van der Waals surface area (Å²) in [7, 11) is 0. The van der Waals surface area contributed by atoms with Gasteiger partial charge in [-0.2, -0.15) is 0 Å². The largest absolute Gasteiger partial charge is 0.444 e. The van der Waals surface area contributed by atoms with Crippen LogP contribution in [0.3, 0.4) is 0 Å². The van der Waals surface area contributed by atoms with Gasteiger partial charge in [0.05, 0.1) is 22.6 Å². The number of aromatic nitrogens is 4. The minimum atomic E-state index is -0.534. The Morgan fingerprint density at radius 2 is 1.76 bits per heavy atom. The quantitative estimate of drug-likeness (QED) is 0.302. The van der Waals surface area contributed by atoms with E-state index < -0.39 is 5.60 Å². The van der Waals surface area contributed by atoms with Crippen LogP contribution in [0.25, 0.3) is 33.4 Å². The molecule has 0 radical (unpaired) electrons. The van der Waals surface area contributed by atoms with E-state index in [9.17, 15) is 4.79 Å². The maximum Gasteiger partial charge on any atom is 0.408 e. The Morgan fingerprint density at radius 1 is 1.03 bits per heavy atom. The van der Waals surface area contributed by atoms with E-state index in [1.54, 1.807) is 0 Å². The Morgan fingerprint density at radius 3 is 2.42 bits per heavy atom. The summed E-state index contributed by atoms with van der Waals surface area (Å²) in [6, 6.07) is 22.8. The summed E-state index contributed by atoms with van der Waals surface area (Å²) in [5.41, 5.74) is 5.17. The molecular weight excluding hydrogens is 474 g/mol. The van der Waals surface area contributed by atoms with E-state index in [4.69, 9.17) is 14.8 Å². The molecule has 7 nitrogen and oxygen atoms in total. The smallest absolute Gasteiger partial charge is 0.408 e. The number of nitrogens with zero attached hydrogens (tertiary/aromatic N) is 4. The van der Waals surface area contributed by atoms with Crippen molar-refractivity contribution in [1.82, 2.24) is 20.1 Å². The molecule has 38 heavy (non-hydrogen) atoms. The van der Waals surface area contributed by atoms with Crippen molar-refractivity contribution in [3.8, 4) is 16.8 Å². The Labute approximate surface area is 222 Å². The third-order valence-corrected chi connectivity index (χ3v) is 7.28. The molecule has 1 aliphatic carbocycles. The Hall–Kier alpha value is -4.26. The summed E-state index contributed by atoms with van der Waals surface area (Å²) in [5, 5.41) is 9.06. The molecule has 192 valence electrons. The highest BCUT2D eigenvalue weighted by molar-refractivity contribution is 5.92. The summed E-state index contributed by atoms with van der Waals surface area (Å²) in [5.74, 6) is 0.887. The average Bonchev–Trinajstić information content (AvgIpc) is 3.22. The molecule has 0 bridgehead atoms. The summed E-state index contributed by atoms with van der Waals surface area (Å²) in [6.45, 7) is 7.65. The number of benzene rings is 2. The second-order valence-electron chi connectivity index (χ2n) is 11.1. The summed E-state index contributed by atoms with van der Waals surface area (Å²) in [4.78, 5) is 17.3. The maximum atomic E-state index is 12.6. The molecule has 2 aromatic carbocycles. The van der Waals surface area contributed by atoms with E-state index in [1.807, 2.05) is 69.0 Å². The molecule has 7 heteroatoms. The van der Waals surface area contributed by atoms with Crippen LogP contribution in [-0.4, -0.2) is 26.5 Å². The van der Waals surface area contributed by atoms with E-state index in [0.717, 1.165) is 64.0 Å². The third-order valence-electron chi connectivity index (χ3n) is 7.28. The van der Waals surface area contributed by atoms with E-state index >= 15 is 0 Å². The van der Waals surface area contributed by atoms with Crippen molar-refractivity contribution in [3.63, 3.8) is 0 Å². The number of rotatable bonds is 4. The van der Waals surface area contributed by atoms with Gasteiger partial charge in [0.2, 0.25) is 0 Å². The Bertz CT molecular complexity index is 1650. The third kappa shape index (κ3) is 4.28. The molecular formula is C31H32N5O2+. The lowest BCUT2D eigenvalue weighted by atomic mass is 9.72. The molecule has 1 N–H and O–H groups in total. The number of pyridine rings is 2. The van der Waals surface area contributed by atoms with Crippen LogP contribution >= 0.6 is 0 Å². The van der Waals surface area contributed by atoms with Crippen LogP contribution in [0, 0.1) is 6.92 Å². The molecule has 5 aromatic rings. The fourth-order valence-corrected chi connectivity index (χ4v) is 5.26. The number of nitrogens with one attached hydrogen (secondary N) is 1. The van der Waals surface area contributed by atoms with Crippen LogP contribution < -0.4 is 9.72 Å². The Kier molecular flexibility index (Phi) is 5.67. The molecule has 1 aliphatic rings. The van der Waals surface area contributed by atoms with Gasteiger partial charge in [0.1, 0.15) is 11.3 Å². The van der Waals surface area contributed by atoms with Crippen molar-refractivity contribution in [3.05, 3.63) is 90.5 Å². The molecule has 0 saturated heterocycles. The van der Waals surface area contributed by atoms with Crippen LogP contribution in [0.1, 0.15) is 51.4 Å². The highest BCUT2D eigenvalue weighted by Gasteiger charge is 2.41. The number of amides is 1. The van der Waals surface area contributed by atoms with Gasteiger partial charge < -0.3 is 10.1 Å². The number of hydrogen-bond donors (Lipinski definition) is 1. The van der Waals surface area contributed by atoms with Gasteiger partial charge in [-0.25, -0.2) is 9.20 Å². The maximum absolute atomic E-state index is 12.6. The summed E-state index contributed by atoms with van der Waals surface area (Å²) in [6.07, 6.45) is 6.42. The predicted molar refractivity (Wildman–Crippen MR) is 147 cm³/mol. The standard InChI is InChI=1S/C31H31N5O2/c1-21-34-36(25-13-11-24(12-14-25)31(16-8-17-31)33-29(37)38-30(2,3)4)28-26-19-23(22-9-6-5-7-10-22)20-32-27(26)15-18-35(21)28/h5-7,9-15,18-20H,8,16-17H2,1-4H3/p+1. The zero-order chi connectivity index (χ0) is 26.5. The van der Waals surface area contributed by atoms with E-state index in [0.29, 0.717) is 0 Å². The van der Waals surface area contributed by atoms with Gasteiger partial charge in [-0.15, -0.1) is 0 Å². The van der Waals surface area contributed by atoms with Gasteiger partial charge in [-0.3, -0.25) is 4.98 Å². The number of fused-ring (bicyclic) bond motifs is 3. The monoisotopic (exact) mass is 506 g/mol. The van der Waals surface area contributed by atoms with Crippen molar-refractivity contribution in [2.75, 3.05) is 0 Å². The Balaban J connectivity index is 1.40. The van der Waals surface area contributed by atoms with Crippen molar-refractivity contribution in [1.29, 1.82) is 0 Å². The van der Waals surface area contributed by atoms with Crippen LogP contribution in [0.2, 0.25) is 0 Å². The molecule has 0 spiro atoms. The molecule has 3 heterocycles. The average molecular weight is 507 g/mol. The zero-order valence-electron chi connectivity index (χ0n) is 22.2. The molecule has 0 atom stereocenters. The number of alkyl carbamates (subject to hydrolysis) is 1. The molecule has 1 fully saturated rings. The number of carbonyl (C=O) groups excluding carboxylic acids is 1. The number of ether oxygens (including phenoxy) is 1. The highest BCUT2D eigenvalue weighted by atomic mass is 16.6. The van der Waals surface area contributed by atoms with Crippen molar-refractivity contribution in [2.45, 2.75) is 58.1 Å². The van der Waals surface area contributed by atoms with Crippen LogP contribution in [0.5, 0.6) is 0 Å². The van der Waals surface area contributed by atoms with Gasteiger partial charge in [-0.1, -0.05) is 47.1 Å². The van der Waals surface area contributed by atoms with E-state index in [2.05, 4.69) is 52.2 Å². The van der Waals surface area contributed by atoms with Crippen LogP contribution in [0.15, 0.2) is 79.1 Å². The first-order valence-electron chi connectivity index (χ1n) is 13.1. The number of carbonyl (C=O) groups is 1. The fraction of sp³-hybridized carbons (Fsp3) is 0.290. The molecule has 0 unspecified atom stereocenters. The van der Waals surface area contributed by atoms with Crippen molar-refractivity contribution >= 4 is 22.6 Å². The molecule has 6 rings (SSSR count). The van der Waals surface area contributed by atoms with E-state index in [1.165, 1.54) is 0 Å². The first-order valence-corrected chi connectivity index (χ1v) is 13.1. The zero-order valence-corrected chi connectivity index (χ0v) is 22.2. The predicted octanol–water partition coefficient (Wildman–Crippen LogP) is 6.04. The minimum Gasteiger partial charge on any atom is -0.444 e. The second kappa shape index (κ2) is 8.94. The van der Waals surface area contributed by atoms with Crippen molar-refractivity contribution in [2.24, 2.45) is 0 Å². The lowest BCUT2D eigenvalue weighted by Gasteiger charge is -2.43. The van der Waals surface area contributed by atoms with Gasteiger partial charge in [0, 0.05) is 23.8 Å². The summed E-state index contributed by atoms with van der Waals surface area (Å²) >= 11 is 0. The lowest BCUT2D eigenvalue weighted by Crippen LogP contribution is -2.52. The van der Waals surface area contributed by atoms with Crippen LogP contribution in [-0.2, 0) is 10.3 Å². The number of hydrogen-bond acceptors (Lipinski definition) is 4. The second-order valence-corrected chi connectivity index (χ2v) is 11.1. The van der Waals surface area contributed by atoms with Gasteiger partial charge in [0.25, 0.3) is 11.5 Å².